The maximum absolute atomic E-state index is 12.5. The summed E-state index contributed by atoms with van der Waals surface area (Å²) in [5.74, 6) is -1.64. The first kappa shape index (κ1) is 19.6. The maximum atomic E-state index is 12.5. The number of halogens is 1. The molecule has 2 atom stereocenters. The summed E-state index contributed by atoms with van der Waals surface area (Å²) >= 11 is 0. The van der Waals surface area contributed by atoms with Crippen molar-refractivity contribution < 1.29 is 23.5 Å². The third-order valence-electron chi connectivity index (χ3n) is 3.36. The Labute approximate surface area is 140 Å². The predicted molar refractivity (Wildman–Crippen MR) is 88.4 cm³/mol. The molecule has 1 aromatic rings. The number of ketones is 1. The van der Waals surface area contributed by atoms with Crippen molar-refractivity contribution in [3.63, 3.8) is 0 Å². The normalized spacial score (nSPS) is 13.0. The average Bonchev–Trinajstić information content (AvgIpc) is 2.57. The molecule has 132 valence electrons. The van der Waals surface area contributed by atoms with Gasteiger partial charge in [-0.15, -0.1) is 0 Å². The molecule has 0 fully saturated rings. The van der Waals surface area contributed by atoms with Crippen LogP contribution in [0.2, 0.25) is 0 Å². The number of carbonyl (C=O) groups excluding carboxylic acids is 3. The number of carbonyl (C=O) groups is 3. The molecule has 0 spiro atoms. The molecule has 0 saturated heterocycles. The first-order chi connectivity index (χ1) is 11.4. The van der Waals surface area contributed by atoms with E-state index in [4.69, 9.17) is 4.74 Å². The fourth-order valence-electron chi connectivity index (χ4n) is 2.03. The van der Waals surface area contributed by atoms with Crippen molar-refractivity contribution in [1.29, 1.82) is 0 Å². The predicted octanol–water partition coefficient (Wildman–Crippen LogP) is 2.69. The molecule has 2 amide bonds. The van der Waals surface area contributed by atoms with Crippen molar-refractivity contribution in [3.05, 3.63) is 30.3 Å². The molecule has 6 nitrogen and oxygen atoms in total. The molecule has 1 aromatic carbocycles. The lowest BCUT2D eigenvalue weighted by Crippen LogP contribution is -2.48. The van der Waals surface area contributed by atoms with Crippen molar-refractivity contribution in [1.82, 2.24) is 5.32 Å². The summed E-state index contributed by atoms with van der Waals surface area (Å²) in [5, 5.41) is 4.95. The number of benzene rings is 1. The molecule has 0 aliphatic heterocycles. The lowest BCUT2D eigenvalue weighted by atomic mass is 10.0. The molecule has 7 heteroatoms. The van der Waals surface area contributed by atoms with Crippen molar-refractivity contribution >= 4 is 23.5 Å². The molecular weight excluding hydrogens is 315 g/mol. The molecule has 0 aliphatic rings. The number of Topliss-reactive ketones (excluding diaryl/α,β-unsaturated/α-hetero) is 1. The van der Waals surface area contributed by atoms with Gasteiger partial charge in [-0.2, -0.15) is 0 Å². The van der Waals surface area contributed by atoms with Crippen LogP contribution in [-0.4, -0.2) is 36.6 Å². The van der Waals surface area contributed by atoms with Crippen molar-refractivity contribution in [3.8, 4) is 0 Å². The Hall–Kier alpha value is -2.44. The summed E-state index contributed by atoms with van der Waals surface area (Å²) < 4.78 is 17.7. The quantitative estimate of drug-likeness (QED) is 0.763. The van der Waals surface area contributed by atoms with Gasteiger partial charge in [0.1, 0.15) is 6.67 Å². The first-order valence-electron chi connectivity index (χ1n) is 7.80. The van der Waals surface area contributed by atoms with Crippen molar-refractivity contribution in [2.45, 2.75) is 39.3 Å². The van der Waals surface area contributed by atoms with Gasteiger partial charge in [0, 0.05) is 5.69 Å². The zero-order valence-corrected chi connectivity index (χ0v) is 14.0. The lowest BCUT2D eigenvalue weighted by Gasteiger charge is -2.23. The molecule has 0 bridgehead atoms. The van der Waals surface area contributed by atoms with E-state index in [1.54, 1.807) is 51.1 Å². The molecule has 0 radical (unpaired) electrons. The van der Waals surface area contributed by atoms with Crippen LogP contribution in [0.3, 0.4) is 0 Å². The van der Waals surface area contributed by atoms with Gasteiger partial charge in [-0.3, -0.25) is 14.9 Å². The Morgan fingerprint density at radius 2 is 1.79 bits per heavy atom. The molecule has 2 N–H and O–H groups in total. The number of rotatable bonds is 8. The Kier molecular flexibility index (Phi) is 7.88. The maximum Gasteiger partial charge on any atom is 0.412 e. The van der Waals surface area contributed by atoms with Crippen LogP contribution >= 0.6 is 0 Å². The smallest absolute Gasteiger partial charge is 0.412 e. The highest BCUT2D eigenvalue weighted by molar-refractivity contribution is 5.93. The highest BCUT2D eigenvalue weighted by atomic mass is 19.1. The van der Waals surface area contributed by atoms with Crippen LogP contribution in [0.5, 0.6) is 0 Å². The minimum atomic E-state index is -1.15. The van der Waals surface area contributed by atoms with Crippen LogP contribution in [-0.2, 0) is 14.3 Å². The standard InChI is InChI=1S/C17H23FN2O4/c1-4-13(14(21)10-18)20-16(22)15(11(2)3)24-17(23)19-12-8-6-5-7-9-12/h5-9,11,13,15H,4,10H2,1-3H3,(H,19,23)(H,20,22)/t13?,15-/m0/s1. The fourth-order valence-corrected chi connectivity index (χ4v) is 2.03. The van der Waals surface area contributed by atoms with Gasteiger partial charge in [0.15, 0.2) is 11.9 Å². The van der Waals surface area contributed by atoms with Gasteiger partial charge in [-0.25, -0.2) is 9.18 Å². The molecule has 0 aromatic heterocycles. The Morgan fingerprint density at radius 3 is 2.29 bits per heavy atom. The number of alkyl halides is 1. The van der Waals surface area contributed by atoms with E-state index in [2.05, 4.69) is 10.6 Å². The minimum Gasteiger partial charge on any atom is -0.436 e. The topological polar surface area (TPSA) is 84.5 Å². The van der Waals surface area contributed by atoms with Crippen molar-refractivity contribution in [2.75, 3.05) is 12.0 Å². The van der Waals surface area contributed by atoms with E-state index in [0.717, 1.165) is 0 Å². The fraction of sp³-hybridized carbons (Fsp3) is 0.471. The molecule has 1 unspecified atom stereocenters. The number of amides is 2. The molecule has 0 heterocycles. The monoisotopic (exact) mass is 338 g/mol. The van der Waals surface area contributed by atoms with Gasteiger partial charge in [0.05, 0.1) is 6.04 Å². The molecular formula is C17H23FN2O4. The van der Waals surface area contributed by atoms with Crippen molar-refractivity contribution in [2.24, 2.45) is 5.92 Å². The molecule has 1 rings (SSSR count). The summed E-state index contributed by atoms with van der Waals surface area (Å²) in [6, 6.07) is 7.72. The number of hydrogen-bond donors (Lipinski definition) is 2. The summed E-state index contributed by atoms with van der Waals surface area (Å²) in [6.07, 6.45) is -1.61. The first-order valence-corrected chi connectivity index (χ1v) is 7.80. The van der Waals surface area contributed by atoms with E-state index in [9.17, 15) is 18.8 Å². The average molecular weight is 338 g/mol. The minimum absolute atomic E-state index is 0.259. The largest absolute Gasteiger partial charge is 0.436 e. The summed E-state index contributed by atoms with van der Waals surface area (Å²) in [4.78, 5) is 35.6. The summed E-state index contributed by atoms with van der Waals surface area (Å²) in [6.45, 7) is 3.92. The third-order valence-corrected chi connectivity index (χ3v) is 3.36. The van der Waals surface area contributed by atoms with E-state index < -0.39 is 36.6 Å². The van der Waals surface area contributed by atoms with Gasteiger partial charge in [0.25, 0.3) is 5.91 Å². The highest BCUT2D eigenvalue weighted by Crippen LogP contribution is 2.11. The summed E-state index contributed by atoms with van der Waals surface area (Å²) in [5.41, 5.74) is 0.532. The number of nitrogens with one attached hydrogen (secondary N) is 2. The molecule has 0 aliphatic carbocycles. The Morgan fingerprint density at radius 1 is 1.17 bits per heavy atom. The highest BCUT2D eigenvalue weighted by Gasteiger charge is 2.29. The second-order valence-electron chi connectivity index (χ2n) is 5.63. The number of para-hydroxylation sites is 1. The number of ether oxygens (including phenoxy) is 1. The zero-order valence-electron chi connectivity index (χ0n) is 14.0. The van der Waals surface area contributed by atoms with Gasteiger partial charge in [0.2, 0.25) is 0 Å². The molecule has 24 heavy (non-hydrogen) atoms. The van der Waals surface area contributed by atoms with Crippen LogP contribution in [0.1, 0.15) is 27.2 Å². The van der Waals surface area contributed by atoms with Gasteiger partial charge in [-0.05, 0) is 24.5 Å². The second-order valence-corrected chi connectivity index (χ2v) is 5.63. The number of anilines is 1. The zero-order chi connectivity index (χ0) is 18.1. The van der Waals surface area contributed by atoms with E-state index >= 15 is 0 Å². The second kappa shape index (κ2) is 9.64. The lowest BCUT2D eigenvalue weighted by molar-refractivity contribution is -0.135. The van der Waals surface area contributed by atoms with E-state index in [1.165, 1.54) is 0 Å². The summed E-state index contributed by atoms with van der Waals surface area (Å²) in [7, 11) is 0. The van der Waals surface area contributed by atoms with Crippen LogP contribution in [0, 0.1) is 5.92 Å². The Balaban J connectivity index is 2.70. The molecule has 0 saturated carbocycles. The van der Waals surface area contributed by atoms with E-state index in [1.807, 2.05) is 0 Å². The number of hydrogen-bond acceptors (Lipinski definition) is 4. The van der Waals surface area contributed by atoms with E-state index in [0.29, 0.717) is 5.69 Å². The van der Waals surface area contributed by atoms with Crippen LogP contribution in [0.4, 0.5) is 14.9 Å². The van der Waals surface area contributed by atoms with Gasteiger partial charge < -0.3 is 10.1 Å². The Bertz CT molecular complexity index is 563. The van der Waals surface area contributed by atoms with Gasteiger partial charge >= 0.3 is 6.09 Å². The third kappa shape index (κ3) is 5.98. The van der Waals surface area contributed by atoms with Gasteiger partial charge in [-0.1, -0.05) is 39.0 Å². The van der Waals surface area contributed by atoms with Crippen LogP contribution in [0.15, 0.2) is 30.3 Å². The SMILES string of the molecule is CCC(NC(=O)[C@@H](OC(=O)Nc1ccccc1)C(C)C)C(=O)CF. The van der Waals surface area contributed by atoms with E-state index in [-0.39, 0.29) is 12.3 Å². The van der Waals surface area contributed by atoms with Crippen LogP contribution in [0.25, 0.3) is 0 Å². The van der Waals surface area contributed by atoms with Crippen LogP contribution < -0.4 is 10.6 Å².